The van der Waals surface area contributed by atoms with Crippen LogP contribution in [0.25, 0.3) is 0 Å². The highest BCUT2D eigenvalue weighted by atomic mass is 32.2. The smallest absolute Gasteiger partial charge is 0.183 e. The van der Waals surface area contributed by atoms with Gasteiger partial charge in [-0.15, -0.1) is 0 Å². The molecule has 0 amide bonds. The first-order chi connectivity index (χ1) is 12.8. The quantitative estimate of drug-likeness (QED) is 0.732. The van der Waals surface area contributed by atoms with E-state index in [0.29, 0.717) is 18.9 Å². The van der Waals surface area contributed by atoms with Crippen LogP contribution in [0.5, 0.6) is 5.75 Å². The largest absolute Gasteiger partial charge is 0.494 e. The van der Waals surface area contributed by atoms with Crippen LogP contribution in [0.4, 0.5) is 0 Å². The SMILES string of the molecule is CCOc1ccc(S(=O)(=O)[C@@H]2CS(=O)(=O)C[C@H]2NCc2cccnc2)cc1. The van der Waals surface area contributed by atoms with Gasteiger partial charge in [0.2, 0.25) is 0 Å². The second-order valence-electron chi connectivity index (χ2n) is 6.41. The molecule has 0 spiro atoms. The molecule has 1 aliphatic heterocycles. The zero-order chi connectivity index (χ0) is 19.5. The molecule has 1 aliphatic rings. The summed E-state index contributed by atoms with van der Waals surface area (Å²) < 4.78 is 55.7. The molecule has 0 unspecified atom stereocenters. The number of aromatic nitrogens is 1. The Kier molecular flexibility index (Phi) is 5.83. The topological polar surface area (TPSA) is 102 Å². The molecule has 2 aromatic rings. The molecule has 9 heteroatoms. The van der Waals surface area contributed by atoms with Gasteiger partial charge in [0, 0.05) is 25.0 Å². The number of nitrogens with zero attached hydrogens (tertiary/aromatic N) is 1. The Labute approximate surface area is 159 Å². The lowest BCUT2D eigenvalue weighted by Crippen LogP contribution is -2.43. The van der Waals surface area contributed by atoms with E-state index in [1.807, 2.05) is 13.0 Å². The number of rotatable bonds is 7. The second-order valence-corrected chi connectivity index (χ2v) is 10.7. The third-order valence-corrected chi connectivity index (χ3v) is 8.62. The van der Waals surface area contributed by atoms with Crippen LogP contribution in [0.3, 0.4) is 0 Å². The fraction of sp³-hybridized carbons (Fsp3) is 0.389. The summed E-state index contributed by atoms with van der Waals surface area (Å²) in [5, 5.41) is 2.06. The first kappa shape index (κ1) is 19.8. The van der Waals surface area contributed by atoms with E-state index in [9.17, 15) is 16.8 Å². The molecule has 3 rings (SSSR count). The monoisotopic (exact) mass is 410 g/mol. The summed E-state index contributed by atoms with van der Waals surface area (Å²) in [5.41, 5.74) is 0.860. The maximum absolute atomic E-state index is 13.1. The lowest BCUT2D eigenvalue weighted by Gasteiger charge is -2.20. The Bertz CT molecular complexity index is 974. The lowest BCUT2D eigenvalue weighted by atomic mass is 10.2. The van der Waals surface area contributed by atoms with Crippen molar-refractivity contribution in [3.05, 3.63) is 54.4 Å². The first-order valence-corrected chi connectivity index (χ1v) is 12.0. The predicted molar refractivity (Wildman–Crippen MR) is 102 cm³/mol. The van der Waals surface area contributed by atoms with Gasteiger partial charge < -0.3 is 10.1 Å². The van der Waals surface area contributed by atoms with Gasteiger partial charge >= 0.3 is 0 Å². The van der Waals surface area contributed by atoms with Crippen LogP contribution in [0, 0.1) is 0 Å². The van der Waals surface area contributed by atoms with E-state index in [2.05, 4.69) is 10.3 Å². The summed E-state index contributed by atoms with van der Waals surface area (Å²) >= 11 is 0. The van der Waals surface area contributed by atoms with Crippen LogP contribution >= 0.6 is 0 Å². The molecule has 0 radical (unpaired) electrons. The third-order valence-electron chi connectivity index (χ3n) is 4.45. The molecule has 1 fully saturated rings. The van der Waals surface area contributed by atoms with Crippen LogP contribution in [-0.2, 0) is 26.2 Å². The number of benzene rings is 1. The predicted octanol–water partition coefficient (Wildman–Crippen LogP) is 1.21. The van der Waals surface area contributed by atoms with Gasteiger partial charge in [0.05, 0.1) is 28.3 Å². The standard InChI is InChI=1S/C18H22N2O5S2/c1-2-25-15-5-7-16(8-6-15)27(23,24)18-13-26(21,22)12-17(18)20-11-14-4-3-9-19-10-14/h3-10,17-18,20H,2,11-13H2,1H3/t17-,18-/m1/s1. The minimum absolute atomic E-state index is 0.0984. The van der Waals surface area contributed by atoms with E-state index < -0.39 is 31.0 Å². The van der Waals surface area contributed by atoms with E-state index in [4.69, 9.17) is 4.74 Å². The summed E-state index contributed by atoms with van der Waals surface area (Å²) in [6, 6.07) is 9.03. The molecule has 146 valence electrons. The van der Waals surface area contributed by atoms with Crippen LogP contribution in [0.2, 0.25) is 0 Å². The summed E-state index contributed by atoms with van der Waals surface area (Å²) in [7, 11) is -7.25. The Morgan fingerprint density at radius 3 is 2.56 bits per heavy atom. The van der Waals surface area contributed by atoms with Crippen LogP contribution in [0.1, 0.15) is 12.5 Å². The zero-order valence-electron chi connectivity index (χ0n) is 14.9. The van der Waals surface area contributed by atoms with Gasteiger partial charge in [-0.3, -0.25) is 4.98 Å². The third kappa shape index (κ3) is 4.66. The van der Waals surface area contributed by atoms with Gasteiger partial charge in [0.1, 0.15) is 5.75 Å². The van der Waals surface area contributed by atoms with E-state index >= 15 is 0 Å². The molecule has 2 heterocycles. The van der Waals surface area contributed by atoms with Crippen molar-refractivity contribution < 1.29 is 21.6 Å². The van der Waals surface area contributed by atoms with E-state index in [-0.39, 0.29) is 16.4 Å². The van der Waals surface area contributed by atoms with Crippen molar-refractivity contribution in [3.8, 4) is 5.75 Å². The van der Waals surface area contributed by atoms with Gasteiger partial charge in [-0.25, -0.2) is 16.8 Å². The van der Waals surface area contributed by atoms with Crippen molar-refractivity contribution in [1.82, 2.24) is 10.3 Å². The molecule has 0 saturated carbocycles. The highest BCUT2D eigenvalue weighted by molar-refractivity contribution is 7.96. The van der Waals surface area contributed by atoms with E-state index in [1.165, 1.54) is 12.1 Å². The van der Waals surface area contributed by atoms with Crippen molar-refractivity contribution in [2.75, 3.05) is 18.1 Å². The first-order valence-electron chi connectivity index (χ1n) is 8.61. The molecule has 7 nitrogen and oxygen atoms in total. The summed E-state index contributed by atoms with van der Waals surface area (Å²) in [5.74, 6) is -0.0108. The fourth-order valence-electron chi connectivity index (χ4n) is 3.13. The molecular weight excluding hydrogens is 388 g/mol. The van der Waals surface area contributed by atoms with Crippen molar-refractivity contribution in [2.45, 2.75) is 29.7 Å². The highest BCUT2D eigenvalue weighted by Crippen LogP contribution is 2.27. The second kappa shape index (κ2) is 7.95. The average molecular weight is 411 g/mol. The number of sulfone groups is 2. The summed E-state index contributed by atoms with van der Waals surface area (Å²) in [4.78, 5) is 4.11. The molecule has 0 bridgehead atoms. The van der Waals surface area contributed by atoms with Gasteiger partial charge in [0.25, 0.3) is 0 Å². The lowest BCUT2D eigenvalue weighted by molar-refractivity contribution is 0.340. The molecular formula is C18H22N2O5S2. The van der Waals surface area contributed by atoms with Crippen LogP contribution in [0.15, 0.2) is 53.7 Å². The molecule has 1 aromatic heterocycles. The van der Waals surface area contributed by atoms with Gasteiger partial charge in [-0.1, -0.05) is 6.07 Å². The van der Waals surface area contributed by atoms with Crippen LogP contribution in [-0.4, -0.2) is 51.2 Å². The van der Waals surface area contributed by atoms with Crippen molar-refractivity contribution >= 4 is 19.7 Å². The molecule has 2 atom stereocenters. The maximum atomic E-state index is 13.1. The normalized spacial score (nSPS) is 21.8. The van der Waals surface area contributed by atoms with Gasteiger partial charge in [-0.05, 0) is 42.8 Å². The Hall–Kier alpha value is -1.97. The molecule has 27 heavy (non-hydrogen) atoms. The Morgan fingerprint density at radius 2 is 1.93 bits per heavy atom. The number of hydrogen-bond donors (Lipinski definition) is 1. The minimum atomic E-state index is -3.81. The molecule has 1 saturated heterocycles. The average Bonchev–Trinajstić information content (AvgIpc) is 2.97. The minimum Gasteiger partial charge on any atom is -0.494 e. The number of hydrogen-bond acceptors (Lipinski definition) is 7. The summed E-state index contributed by atoms with van der Waals surface area (Å²) in [6.07, 6.45) is 3.30. The van der Waals surface area contributed by atoms with E-state index in [0.717, 1.165) is 5.56 Å². The maximum Gasteiger partial charge on any atom is 0.183 e. The van der Waals surface area contributed by atoms with E-state index in [1.54, 1.807) is 30.6 Å². The molecule has 1 aromatic carbocycles. The number of nitrogens with one attached hydrogen (secondary N) is 1. The summed E-state index contributed by atoms with van der Waals surface area (Å²) in [6.45, 7) is 2.67. The van der Waals surface area contributed by atoms with Crippen LogP contribution < -0.4 is 10.1 Å². The van der Waals surface area contributed by atoms with Gasteiger partial charge in [-0.2, -0.15) is 0 Å². The molecule has 1 N–H and O–H groups in total. The number of pyridine rings is 1. The van der Waals surface area contributed by atoms with Crippen molar-refractivity contribution in [1.29, 1.82) is 0 Å². The highest BCUT2D eigenvalue weighted by Gasteiger charge is 2.45. The fourth-order valence-corrected chi connectivity index (χ4v) is 7.85. The van der Waals surface area contributed by atoms with Crippen molar-refractivity contribution in [3.63, 3.8) is 0 Å². The Morgan fingerprint density at radius 1 is 1.19 bits per heavy atom. The zero-order valence-corrected chi connectivity index (χ0v) is 16.5. The van der Waals surface area contributed by atoms with Crippen molar-refractivity contribution in [2.24, 2.45) is 0 Å². The number of ether oxygens (including phenoxy) is 1. The Balaban J connectivity index is 1.82. The molecule has 0 aliphatic carbocycles. The van der Waals surface area contributed by atoms with Gasteiger partial charge in [0.15, 0.2) is 19.7 Å².